The van der Waals surface area contributed by atoms with E-state index in [4.69, 9.17) is 9.47 Å². The molecule has 2 fully saturated rings. The number of benzene rings is 1. The van der Waals surface area contributed by atoms with Crippen LogP contribution in [0.5, 0.6) is 5.88 Å². The number of pyridine rings is 1. The number of aromatic nitrogens is 1. The largest absolute Gasteiger partial charge is 0.477 e. The third kappa shape index (κ3) is 3.79. The summed E-state index contributed by atoms with van der Waals surface area (Å²) < 4.78 is 11.7. The van der Waals surface area contributed by atoms with Gasteiger partial charge in [-0.05, 0) is 31.9 Å². The second kappa shape index (κ2) is 7.47. The van der Waals surface area contributed by atoms with Gasteiger partial charge in [0.15, 0.2) is 0 Å². The lowest BCUT2D eigenvalue weighted by Gasteiger charge is -2.35. The predicted octanol–water partition coefficient (Wildman–Crippen LogP) is 4.05. The summed E-state index contributed by atoms with van der Waals surface area (Å²) in [4.78, 5) is 20.0. The summed E-state index contributed by atoms with van der Waals surface area (Å²) in [6, 6.07) is 10.5. The first-order valence-electron chi connectivity index (χ1n) is 9.96. The van der Waals surface area contributed by atoms with Gasteiger partial charge >= 0.3 is 5.97 Å². The van der Waals surface area contributed by atoms with Crippen molar-refractivity contribution >= 4 is 16.9 Å². The quantitative estimate of drug-likeness (QED) is 0.745. The van der Waals surface area contributed by atoms with Crippen LogP contribution < -0.4 is 4.74 Å². The number of esters is 1. The van der Waals surface area contributed by atoms with Gasteiger partial charge in [0.25, 0.3) is 0 Å². The Morgan fingerprint density at radius 2 is 1.93 bits per heavy atom. The molecule has 1 aromatic carbocycles. The number of para-hydroxylation sites is 1. The van der Waals surface area contributed by atoms with Crippen LogP contribution in [0.25, 0.3) is 10.9 Å². The monoisotopic (exact) mass is 368 g/mol. The average molecular weight is 368 g/mol. The van der Waals surface area contributed by atoms with Crippen molar-refractivity contribution in [3.63, 3.8) is 0 Å². The zero-order valence-corrected chi connectivity index (χ0v) is 16.4. The van der Waals surface area contributed by atoms with Gasteiger partial charge in [-0.2, -0.15) is 0 Å². The van der Waals surface area contributed by atoms with Crippen LogP contribution in [0.4, 0.5) is 0 Å². The highest BCUT2D eigenvalue weighted by molar-refractivity contribution is 6.03. The Kier molecular flexibility index (Phi) is 5.04. The number of hydrogen-bond donors (Lipinski definition) is 0. The zero-order chi connectivity index (χ0) is 19.0. The lowest BCUT2D eigenvalue weighted by Crippen LogP contribution is -2.43. The topological polar surface area (TPSA) is 51.7 Å². The second-order valence-electron chi connectivity index (χ2n) is 8.28. The van der Waals surface area contributed by atoms with Crippen LogP contribution >= 0.6 is 0 Å². The molecule has 2 aromatic rings. The molecule has 2 atom stereocenters. The molecule has 5 nitrogen and oxygen atoms in total. The van der Waals surface area contributed by atoms with Gasteiger partial charge in [0.05, 0.1) is 17.7 Å². The molecule has 0 N–H and O–H groups in total. The Hall–Kier alpha value is -2.14. The summed E-state index contributed by atoms with van der Waals surface area (Å²) >= 11 is 0. The number of carbonyl (C=O) groups is 1. The fourth-order valence-electron chi connectivity index (χ4n) is 4.32. The van der Waals surface area contributed by atoms with Crippen LogP contribution in [0.1, 0.15) is 49.9 Å². The van der Waals surface area contributed by atoms with Gasteiger partial charge in [0.1, 0.15) is 6.10 Å². The minimum absolute atomic E-state index is 0.00170. The number of ether oxygens (including phenoxy) is 2. The van der Waals surface area contributed by atoms with Crippen molar-refractivity contribution in [1.82, 2.24) is 9.88 Å². The molecule has 0 aliphatic carbocycles. The number of hydrogen-bond acceptors (Lipinski definition) is 5. The highest BCUT2D eigenvalue weighted by atomic mass is 16.5. The van der Waals surface area contributed by atoms with E-state index < -0.39 is 0 Å². The molecular weight excluding hydrogens is 340 g/mol. The van der Waals surface area contributed by atoms with Crippen LogP contribution in [-0.4, -0.2) is 47.7 Å². The minimum Gasteiger partial charge on any atom is -0.477 e. The minimum atomic E-state index is -0.267. The Balaban J connectivity index is 1.57. The molecule has 0 saturated carbocycles. The molecule has 2 aliphatic heterocycles. The Labute approximate surface area is 160 Å². The van der Waals surface area contributed by atoms with E-state index in [0.717, 1.165) is 23.7 Å². The van der Waals surface area contributed by atoms with Crippen molar-refractivity contribution in [2.45, 2.75) is 57.7 Å². The van der Waals surface area contributed by atoms with Crippen LogP contribution in [0.3, 0.4) is 0 Å². The van der Waals surface area contributed by atoms with E-state index in [1.165, 1.54) is 12.8 Å². The van der Waals surface area contributed by atoms with E-state index in [1.807, 2.05) is 24.3 Å². The molecule has 5 heteroatoms. The molecule has 4 rings (SSSR count). The third-order valence-corrected chi connectivity index (χ3v) is 5.81. The number of nitrogens with zero attached hydrogens (tertiary/aromatic N) is 2. The molecule has 0 amide bonds. The van der Waals surface area contributed by atoms with E-state index in [1.54, 1.807) is 6.07 Å². The van der Waals surface area contributed by atoms with Gasteiger partial charge in [-0.3, -0.25) is 0 Å². The summed E-state index contributed by atoms with van der Waals surface area (Å²) in [7, 11) is 2.19. The molecule has 3 heterocycles. The smallest absolute Gasteiger partial charge is 0.339 e. The van der Waals surface area contributed by atoms with Gasteiger partial charge in [-0.15, -0.1) is 0 Å². The standard InChI is InChI=1S/C22H28N2O3/c1-14(2)13-26-21-12-19(18-6-4-5-7-20(18)23-21)22(25)27-17-10-15-8-9-16(11-17)24(15)3/h4-7,12,14-17H,8-11,13H2,1-3H3. The van der Waals surface area contributed by atoms with Gasteiger partial charge in [0.2, 0.25) is 5.88 Å². The lowest BCUT2D eigenvalue weighted by molar-refractivity contribution is -0.000308. The molecule has 2 saturated heterocycles. The Morgan fingerprint density at radius 1 is 1.22 bits per heavy atom. The van der Waals surface area contributed by atoms with Crippen molar-refractivity contribution in [2.75, 3.05) is 13.7 Å². The maximum absolute atomic E-state index is 13.0. The van der Waals surface area contributed by atoms with Crippen molar-refractivity contribution < 1.29 is 14.3 Å². The van der Waals surface area contributed by atoms with E-state index >= 15 is 0 Å². The van der Waals surface area contributed by atoms with Crippen LogP contribution in [0.2, 0.25) is 0 Å². The summed E-state index contributed by atoms with van der Waals surface area (Å²) in [5.41, 5.74) is 1.31. The molecule has 2 bridgehead atoms. The zero-order valence-electron chi connectivity index (χ0n) is 16.4. The molecule has 2 aliphatic rings. The van der Waals surface area contributed by atoms with Crippen molar-refractivity contribution in [1.29, 1.82) is 0 Å². The summed E-state index contributed by atoms with van der Waals surface area (Å²) in [6.07, 6.45) is 4.27. The average Bonchev–Trinajstić information content (AvgIpc) is 2.86. The van der Waals surface area contributed by atoms with Crippen molar-refractivity contribution in [2.24, 2.45) is 5.92 Å². The van der Waals surface area contributed by atoms with Crippen LogP contribution in [0.15, 0.2) is 30.3 Å². The number of rotatable bonds is 5. The number of carbonyl (C=O) groups excluding carboxylic acids is 1. The first-order chi connectivity index (χ1) is 13.0. The summed E-state index contributed by atoms with van der Waals surface area (Å²) in [6.45, 7) is 4.74. The van der Waals surface area contributed by atoms with Gasteiger partial charge in [-0.1, -0.05) is 32.0 Å². The van der Waals surface area contributed by atoms with E-state index in [0.29, 0.717) is 36.1 Å². The van der Waals surface area contributed by atoms with Crippen LogP contribution in [0, 0.1) is 5.92 Å². The summed E-state index contributed by atoms with van der Waals surface area (Å²) in [5.74, 6) is 0.609. The van der Waals surface area contributed by atoms with Crippen molar-refractivity contribution in [3.05, 3.63) is 35.9 Å². The lowest BCUT2D eigenvalue weighted by atomic mass is 10.0. The first-order valence-corrected chi connectivity index (χ1v) is 9.96. The summed E-state index contributed by atoms with van der Waals surface area (Å²) in [5, 5.41) is 0.815. The number of piperidine rings is 1. The second-order valence-corrected chi connectivity index (χ2v) is 8.28. The number of fused-ring (bicyclic) bond motifs is 3. The maximum atomic E-state index is 13.0. The van der Waals surface area contributed by atoms with Crippen LogP contribution in [-0.2, 0) is 4.74 Å². The van der Waals surface area contributed by atoms with Crippen molar-refractivity contribution in [3.8, 4) is 5.88 Å². The molecular formula is C22H28N2O3. The highest BCUT2D eigenvalue weighted by Crippen LogP contribution is 2.36. The SMILES string of the molecule is CC(C)COc1cc(C(=O)OC2CC3CCC(C2)N3C)c2ccccc2n1. The normalized spacial score (nSPS) is 25.1. The highest BCUT2D eigenvalue weighted by Gasteiger charge is 2.40. The van der Waals surface area contributed by atoms with Gasteiger partial charge in [-0.25, -0.2) is 9.78 Å². The third-order valence-electron chi connectivity index (χ3n) is 5.81. The van der Waals surface area contributed by atoms with E-state index in [2.05, 4.69) is 30.8 Å². The fraction of sp³-hybridized carbons (Fsp3) is 0.545. The van der Waals surface area contributed by atoms with Gasteiger partial charge in [0, 0.05) is 36.4 Å². The fourth-order valence-corrected chi connectivity index (χ4v) is 4.32. The predicted molar refractivity (Wildman–Crippen MR) is 105 cm³/mol. The molecule has 0 radical (unpaired) electrons. The molecule has 27 heavy (non-hydrogen) atoms. The Morgan fingerprint density at radius 3 is 2.63 bits per heavy atom. The van der Waals surface area contributed by atoms with Gasteiger partial charge < -0.3 is 14.4 Å². The Bertz CT molecular complexity index is 821. The first kappa shape index (κ1) is 18.2. The maximum Gasteiger partial charge on any atom is 0.339 e. The van der Waals surface area contributed by atoms with E-state index in [9.17, 15) is 4.79 Å². The molecule has 2 unspecified atom stereocenters. The molecule has 144 valence electrons. The molecule has 1 aromatic heterocycles. The molecule has 0 spiro atoms. The van der Waals surface area contributed by atoms with E-state index in [-0.39, 0.29) is 12.1 Å².